The van der Waals surface area contributed by atoms with E-state index in [1.165, 1.54) is 0 Å². The lowest BCUT2D eigenvalue weighted by atomic mass is 10.1. The largest absolute Gasteiger partial charge is 0.515 e. The van der Waals surface area contributed by atoms with Crippen LogP contribution >= 0.6 is 0 Å². The van der Waals surface area contributed by atoms with Gasteiger partial charge >= 0.3 is 5.97 Å². The number of hydrogen-bond donors (Lipinski definition) is 2. The quantitative estimate of drug-likeness (QED) is 0.566. The number of aliphatic hydroxyl groups is 1. The predicted octanol–water partition coefficient (Wildman–Crippen LogP) is 1.95. The van der Waals surface area contributed by atoms with Crippen molar-refractivity contribution in [3.8, 4) is 0 Å². The van der Waals surface area contributed by atoms with Gasteiger partial charge in [0, 0.05) is 6.07 Å². The number of carbonyl (C=O) groups is 1. The van der Waals surface area contributed by atoms with E-state index in [1.54, 1.807) is 0 Å². The van der Waals surface area contributed by atoms with Crippen LogP contribution in [0.15, 0.2) is 24.5 Å². The molecule has 0 unspecified atom stereocenters. The molecule has 0 radical (unpaired) electrons. The van der Waals surface area contributed by atoms with Crippen molar-refractivity contribution in [3.05, 3.63) is 41.7 Å². The molecule has 2 N–H and O–H groups in total. The number of aliphatic carboxylic acids is 1. The molecule has 3 nitrogen and oxygen atoms in total. The van der Waals surface area contributed by atoms with Crippen LogP contribution in [-0.2, 0) is 4.79 Å². The fraction of sp³-hybridized carbons (Fsp3) is 0. The number of aliphatic hydroxyl groups excluding tert-OH is 1. The molecule has 0 aliphatic heterocycles. The molecule has 14 heavy (non-hydrogen) atoms. The number of hydrogen-bond acceptors (Lipinski definition) is 2. The van der Waals surface area contributed by atoms with Crippen LogP contribution < -0.4 is 0 Å². The maximum atomic E-state index is 12.6. The normalized spacial score (nSPS) is 11.4. The SMILES string of the molecule is O=C(O)C(=CO)c1cc(F)cc(F)c1. The average Bonchev–Trinajstić information content (AvgIpc) is 2.02. The van der Waals surface area contributed by atoms with Gasteiger partial charge in [0.15, 0.2) is 0 Å². The minimum Gasteiger partial charge on any atom is -0.515 e. The van der Waals surface area contributed by atoms with Crippen molar-refractivity contribution in [3.63, 3.8) is 0 Å². The molecule has 0 saturated heterocycles. The van der Waals surface area contributed by atoms with E-state index in [0.717, 1.165) is 12.1 Å². The molecule has 0 saturated carbocycles. The molecule has 0 amide bonds. The van der Waals surface area contributed by atoms with Crippen LogP contribution in [0, 0.1) is 11.6 Å². The highest BCUT2D eigenvalue weighted by Gasteiger charge is 2.12. The van der Waals surface area contributed by atoms with Gasteiger partial charge in [-0.05, 0) is 17.7 Å². The lowest BCUT2D eigenvalue weighted by Gasteiger charge is -2.01. The highest BCUT2D eigenvalue weighted by Crippen LogP contribution is 2.17. The Morgan fingerprint density at radius 1 is 1.21 bits per heavy atom. The first-order chi connectivity index (χ1) is 6.54. The first-order valence-corrected chi connectivity index (χ1v) is 3.58. The molecular weight excluding hydrogens is 194 g/mol. The van der Waals surface area contributed by atoms with Gasteiger partial charge in [0.1, 0.15) is 17.2 Å². The van der Waals surface area contributed by atoms with Crippen LogP contribution in [0.5, 0.6) is 0 Å². The zero-order valence-electron chi connectivity index (χ0n) is 6.87. The van der Waals surface area contributed by atoms with Crippen LogP contribution in [0.2, 0.25) is 0 Å². The number of carboxylic acids is 1. The van der Waals surface area contributed by atoms with E-state index < -0.39 is 23.2 Å². The maximum Gasteiger partial charge on any atom is 0.339 e. The van der Waals surface area contributed by atoms with Crippen molar-refractivity contribution in [1.29, 1.82) is 0 Å². The second-order valence-corrected chi connectivity index (χ2v) is 2.51. The van der Waals surface area contributed by atoms with Crippen molar-refractivity contribution in [2.45, 2.75) is 0 Å². The molecule has 0 heterocycles. The van der Waals surface area contributed by atoms with Crippen molar-refractivity contribution in [2.75, 3.05) is 0 Å². The Hall–Kier alpha value is -1.91. The summed E-state index contributed by atoms with van der Waals surface area (Å²) < 4.78 is 25.3. The van der Waals surface area contributed by atoms with E-state index in [9.17, 15) is 13.6 Å². The Morgan fingerprint density at radius 3 is 2.07 bits per heavy atom. The molecule has 0 fully saturated rings. The second-order valence-electron chi connectivity index (χ2n) is 2.51. The Morgan fingerprint density at radius 2 is 1.71 bits per heavy atom. The molecule has 0 bridgehead atoms. The molecule has 1 rings (SSSR count). The van der Waals surface area contributed by atoms with Crippen LogP contribution in [0.1, 0.15) is 5.56 Å². The Balaban J connectivity index is 3.24. The predicted molar refractivity (Wildman–Crippen MR) is 44.6 cm³/mol. The summed E-state index contributed by atoms with van der Waals surface area (Å²) in [5.74, 6) is -3.27. The molecule has 5 heteroatoms. The summed E-state index contributed by atoms with van der Waals surface area (Å²) in [7, 11) is 0. The Kier molecular flexibility index (Phi) is 2.81. The van der Waals surface area contributed by atoms with Crippen LogP contribution in [-0.4, -0.2) is 16.2 Å². The molecule has 0 spiro atoms. The first kappa shape index (κ1) is 10.2. The van der Waals surface area contributed by atoms with Gasteiger partial charge in [0.05, 0.1) is 6.26 Å². The van der Waals surface area contributed by atoms with Crippen LogP contribution in [0.3, 0.4) is 0 Å². The van der Waals surface area contributed by atoms with E-state index in [4.69, 9.17) is 10.2 Å². The van der Waals surface area contributed by atoms with E-state index in [-0.39, 0.29) is 11.8 Å². The van der Waals surface area contributed by atoms with Crippen LogP contribution in [0.25, 0.3) is 5.57 Å². The molecular formula is C9H6F2O3. The standard InChI is InChI=1S/C9H6F2O3/c10-6-1-5(2-7(11)3-6)8(4-12)9(13)14/h1-4,12H,(H,13,14). The molecule has 1 aromatic rings. The topological polar surface area (TPSA) is 57.5 Å². The minimum absolute atomic E-state index is 0.225. The fourth-order valence-corrected chi connectivity index (χ4v) is 0.963. The van der Waals surface area contributed by atoms with Crippen molar-refractivity contribution in [2.24, 2.45) is 0 Å². The first-order valence-electron chi connectivity index (χ1n) is 3.58. The average molecular weight is 200 g/mol. The number of rotatable bonds is 2. The highest BCUT2D eigenvalue weighted by atomic mass is 19.1. The number of halogens is 2. The van der Waals surface area contributed by atoms with E-state index in [2.05, 4.69) is 0 Å². The molecule has 74 valence electrons. The van der Waals surface area contributed by atoms with E-state index in [1.807, 2.05) is 0 Å². The molecule has 0 atom stereocenters. The fourth-order valence-electron chi connectivity index (χ4n) is 0.963. The third-order valence-electron chi connectivity index (χ3n) is 1.53. The van der Waals surface area contributed by atoms with Crippen LogP contribution in [0.4, 0.5) is 8.78 Å². The summed E-state index contributed by atoms with van der Waals surface area (Å²) in [5.41, 5.74) is -0.791. The Labute approximate surface area is 77.9 Å². The molecule has 1 aromatic carbocycles. The highest BCUT2D eigenvalue weighted by molar-refractivity contribution is 6.14. The Bertz CT molecular complexity index is 379. The summed E-state index contributed by atoms with van der Waals surface area (Å²) in [5, 5.41) is 17.1. The maximum absolute atomic E-state index is 12.6. The van der Waals surface area contributed by atoms with Crippen molar-refractivity contribution < 1.29 is 23.8 Å². The second kappa shape index (κ2) is 3.87. The van der Waals surface area contributed by atoms with E-state index >= 15 is 0 Å². The lowest BCUT2D eigenvalue weighted by Crippen LogP contribution is -2.00. The van der Waals surface area contributed by atoms with Gasteiger partial charge in [-0.15, -0.1) is 0 Å². The third-order valence-corrected chi connectivity index (χ3v) is 1.53. The summed E-state index contributed by atoms with van der Waals surface area (Å²) >= 11 is 0. The van der Waals surface area contributed by atoms with Crippen molar-refractivity contribution >= 4 is 11.5 Å². The zero-order chi connectivity index (χ0) is 10.7. The van der Waals surface area contributed by atoms with Gasteiger partial charge < -0.3 is 10.2 Å². The van der Waals surface area contributed by atoms with Gasteiger partial charge in [0.2, 0.25) is 0 Å². The van der Waals surface area contributed by atoms with Gasteiger partial charge in [-0.1, -0.05) is 0 Å². The summed E-state index contributed by atoms with van der Waals surface area (Å²) in [6, 6.07) is 2.25. The monoisotopic (exact) mass is 200 g/mol. The van der Waals surface area contributed by atoms with Gasteiger partial charge in [-0.3, -0.25) is 0 Å². The lowest BCUT2D eigenvalue weighted by molar-refractivity contribution is -0.130. The molecule has 0 aliphatic carbocycles. The van der Waals surface area contributed by atoms with Gasteiger partial charge in [0.25, 0.3) is 0 Å². The van der Waals surface area contributed by atoms with Gasteiger partial charge in [-0.2, -0.15) is 0 Å². The minimum atomic E-state index is -1.46. The molecule has 0 aromatic heterocycles. The number of benzene rings is 1. The summed E-state index contributed by atoms with van der Waals surface area (Å²) in [4.78, 5) is 10.5. The molecule has 0 aliphatic rings. The zero-order valence-corrected chi connectivity index (χ0v) is 6.87. The smallest absolute Gasteiger partial charge is 0.339 e. The van der Waals surface area contributed by atoms with E-state index in [0.29, 0.717) is 6.07 Å². The summed E-state index contributed by atoms with van der Waals surface area (Å²) in [6.07, 6.45) is 0.288. The van der Waals surface area contributed by atoms with Gasteiger partial charge in [-0.25, -0.2) is 13.6 Å². The summed E-state index contributed by atoms with van der Waals surface area (Å²) in [6.45, 7) is 0. The third kappa shape index (κ3) is 2.07. The number of carboxylic acid groups (broad SMARTS) is 1. The van der Waals surface area contributed by atoms with Crippen molar-refractivity contribution in [1.82, 2.24) is 0 Å².